The van der Waals surface area contributed by atoms with Gasteiger partial charge in [0.25, 0.3) is 0 Å². The van der Waals surface area contributed by atoms with Crippen molar-refractivity contribution in [3.63, 3.8) is 0 Å². The largest absolute Gasteiger partial charge is 0.481 e. The topological polar surface area (TPSA) is 66.4 Å². The number of aliphatic carboxylic acids is 1. The van der Waals surface area contributed by atoms with Gasteiger partial charge in [0.1, 0.15) is 0 Å². The van der Waals surface area contributed by atoms with Crippen molar-refractivity contribution in [2.45, 2.75) is 50.7 Å². The molecule has 0 aliphatic heterocycles. The lowest BCUT2D eigenvalue weighted by Gasteiger charge is -2.30. The third-order valence-corrected chi connectivity index (χ3v) is 3.19. The SMILES string of the molecule is O=C(O)CC(NC(=O)C(F)(F)F)C1CCCCC1. The predicted octanol–water partition coefficient (Wildman–Crippen LogP) is 2.09. The molecule has 0 aromatic carbocycles. The molecule has 1 unspecified atom stereocenters. The standard InChI is InChI=1S/C11H16F3NO3/c12-11(13,14)10(18)15-8(6-9(16)17)7-4-2-1-3-5-7/h7-8H,1-6H2,(H,15,18)(H,16,17). The Kier molecular flexibility index (Phi) is 4.98. The van der Waals surface area contributed by atoms with E-state index < -0.39 is 30.5 Å². The summed E-state index contributed by atoms with van der Waals surface area (Å²) in [6.07, 6.45) is -1.38. The molecule has 0 radical (unpaired) electrons. The average Bonchev–Trinajstić information content (AvgIpc) is 2.27. The van der Waals surface area contributed by atoms with Crippen molar-refractivity contribution >= 4 is 11.9 Å². The molecule has 104 valence electrons. The highest BCUT2D eigenvalue weighted by atomic mass is 19.4. The van der Waals surface area contributed by atoms with E-state index in [1.165, 1.54) is 0 Å². The maximum Gasteiger partial charge on any atom is 0.471 e. The molecule has 1 saturated carbocycles. The summed E-state index contributed by atoms with van der Waals surface area (Å²) in [5.74, 6) is -3.44. The second kappa shape index (κ2) is 6.06. The molecule has 0 spiro atoms. The summed E-state index contributed by atoms with van der Waals surface area (Å²) in [7, 11) is 0. The van der Waals surface area contributed by atoms with Crippen LogP contribution in [0.5, 0.6) is 0 Å². The summed E-state index contributed by atoms with van der Waals surface area (Å²) in [5, 5.41) is 10.5. The molecule has 2 N–H and O–H groups in total. The van der Waals surface area contributed by atoms with Gasteiger partial charge in [-0.1, -0.05) is 19.3 Å². The van der Waals surface area contributed by atoms with Gasteiger partial charge in [-0.15, -0.1) is 0 Å². The fourth-order valence-corrected chi connectivity index (χ4v) is 2.31. The van der Waals surface area contributed by atoms with Crippen molar-refractivity contribution < 1.29 is 27.9 Å². The van der Waals surface area contributed by atoms with E-state index in [1.807, 2.05) is 5.32 Å². The van der Waals surface area contributed by atoms with Crippen LogP contribution in [0.3, 0.4) is 0 Å². The first-order valence-electron chi connectivity index (χ1n) is 5.90. The predicted molar refractivity (Wildman–Crippen MR) is 56.8 cm³/mol. The number of hydrogen-bond acceptors (Lipinski definition) is 2. The van der Waals surface area contributed by atoms with Crippen LogP contribution in [0.15, 0.2) is 0 Å². The summed E-state index contributed by atoms with van der Waals surface area (Å²) in [5.41, 5.74) is 0. The van der Waals surface area contributed by atoms with Crippen LogP contribution in [0.2, 0.25) is 0 Å². The molecule has 1 atom stereocenters. The quantitative estimate of drug-likeness (QED) is 0.819. The van der Waals surface area contributed by atoms with E-state index in [-0.39, 0.29) is 5.92 Å². The fourth-order valence-electron chi connectivity index (χ4n) is 2.31. The number of nitrogens with one attached hydrogen (secondary N) is 1. The van der Waals surface area contributed by atoms with Gasteiger partial charge in [-0.05, 0) is 18.8 Å². The van der Waals surface area contributed by atoms with E-state index in [9.17, 15) is 22.8 Å². The van der Waals surface area contributed by atoms with Gasteiger partial charge in [0.2, 0.25) is 0 Å². The van der Waals surface area contributed by atoms with Crippen molar-refractivity contribution in [2.75, 3.05) is 0 Å². The Hall–Kier alpha value is -1.27. The molecule has 0 bridgehead atoms. The van der Waals surface area contributed by atoms with Gasteiger partial charge in [-0.3, -0.25) is 9.59 Å². The van der Waals surface area contributed by atoms with Crippen LogP contribution >= 0.6 is 0 Å². The minimum atomic E-state index is -4.97. The molecule has 18 heavy (non-hydrogen) atoms. The normalized spacial score (nSPS) is 19.3. The van der Waals surface area contributed by atoms with Crippen molar-refractivity contribution in [3.05, 3.63) is 0 Å². The third-order valence-electron chi connectivity index (χ3n) is 3.19. The maximum atomic E-state index is 12.2. The lowest BCUT2D eigenvalue weighted by atomic mass is 9.82. The molecule has 1 aliphatic rings. The Morgan fingerprint density at radius 3 is 2.22 bits per heavy atom. The van der Waals surface area contributed by atoms with Crippen LogP contribution in [0.4, 0.5) is 13.2 Å². The van der Waals surface area contributed by atoms with E-state index in [0.29, 0.717) is 12.8 Å². The smallest absolute Gasteiger partial charge is 0.471 e. The average molecular weight is 267 g/mol. The second-order valence-electron chi connectivity index (χ2n) is 4.57. The zero-order valence-electron chi connectivity index (χ0n) is 9.79. The van der Waals surface area contributed by atoms with Crippen molar-refractivity contribution in [1.82, 2.24) is 5.32 Å². The number of amides is 1. The number of carbonyl (C=O) groups is 2. The molecule has 0 saturated heterocycles. The fraction of sp³-hybridized carbons (Fsp3) is 0.818. The van der Waals surface area contributed by atoms with E-state index in [1.54, 1.807) is 0 Å². The van der Waals surface area contributed by atoms with Crippen LogP contribution in [0.25, 0.3) is 0 Å². The lowest BCUT2D eigenvalue weighted by Crippen LogP contribution is -2.47. The number of halogens is 3. The van der Waals surface area contributed by atoms with Crippen LogP contribution in [-0.4, -0.2) is 29.2 Å². The molecular weight excluding hydrogens is 251 g/mol. The van der Waals surface area contributed by atoms with Gasteiger partial charge in [0.15, 0.2) is 0 Å². The van der Waals surface area contributed by atoms with Gasteiger partial charge < -0.3 is 10.4 Å². The van der Waals surface area contributed by atoms with Crippen molar-refractivity contribution in [3.8, 4) is 0 Å². The Balaban J connectivity index is 2.65. The number of rotatable bonds is 4. The molecule has 0 aromatic rings. The first kappa shape index (κ1) is 14.8. The molecule has 1 aliphatic carbocycles. The van der Waals surface area contributed by atoms with E-state index in [4.69, 9.17) is 5.11 Å². The highest BCUT2D eigenvalue weighted by Crippen LogP contribution is 2.28. The van der Waals surface area contributed by atoms with E-state index in [2.05, 4.69) is 0 Å². The molecule has 4 nitrogen and oxygen atoms in total. The van der Waals surface area contributed by atoms with Crippen molar-refractivity contribution in [1.29, 1.82) is 0 Å². The van der Waals surface area contributed by atoms with E-state index >= 15 is 0 Å². The summed E-state index contributed by atoms with van der Waals surface area (Å²) in [6, 6.07) is -0.933. The Labute approximate surface area is 103 Å². The summed E-state index contributed by atoms with van der Waals surface area (Å²) in [4.78, 5) is 21.5. The second-order valence-corrected chi connectivity index (χ2v) is 4.57. The molecular formula is C11H16F3NO3. The Bertz CT molecular complexity index is 311. The van der Waals surface area contributed by atoms with Gasteiger partial charge in [0, 0.05) is 6.04 Å². The Morgan fingerprint density at radius 2 is 1.78 bits per heavy atom. The maximum absolute atomic E-state index is 12.2. The summed E-state index contributed by atoms with van der Waals surface area (Å²) in [6.45, 7) is 0. The molecule has 0 heterocycles. The first-order chi connectivity index (χ1) is 8.30. The van der Waals surface area contributed by atoms with Crippen LogP contribution in [0.1, 0.15) is 38.5 Å². The molecule has 0 aromatic heterocycles. The highest BCUT2D eigenvalue weighted by Gasteiger charge is 2.41. The zero-order chi connectivity index (χ0) is 13.8. The highest BCUT2D eigenvalue weighted by molar-refractivity contribution is 5.82. The zero-order valence-corrected chi connectivity index (χ0v) is 9.79. The number of carboxylic acids is 1. The van der Waals surface area contributed by atoms with Crippen molar-refractivity contribution in [2.24, 2.45) is 5.92 Å². The number of carbonyl (C=O) groups excluding carboxylic acids is 1. The number of carboxylic acid groups (broad SMARTS) is 1. The van der Waals surface area contributed by atoms with Gasteiger partial charge in [0.05, 0.1) is 6.42 Å². The van der Waals surface area contributed by atoms with Crippen LogP contribution < -0.4 is 5.32 Å². The van der Waals surface area contributed by atoms with Gasteiger partial charge in [-0.2, -0.15) is 13.2 Å². The monoisotopic (exact) mass is 267 g/mol. The van der Waals surface area contributed by atoms with E-state index in [0.717, 1.165) is 19.3 Å². The van der Waals surface area contributed by atoms with Crippen LogP contribution in [-0.2, 0) is 9.59 Å². The molecule has 7 heteroatoms. The van der Waals surface area contributed by atoms with Crippen LogP contribution in [0, 0.1) is 5.92 Å². The first-order valence-corrected chi connectivity index (χ1v) is 5.90. The number of hydrogen-bond donors (Lipinski definition) is 2. The van der Waals surface area contributed by atoms with Gasteiger partial charge >= 0.3 is 18.1 Å². The Morgan fingerprint density at radius 1 is 1.22 bits per heavy atom. The molecule has 1 rings (SSSR count). The lowest BCUT2D eigenvalue weighted by molar-refractivity contribution is -0.175. The summed E-state index contributed by atoms with van der Waals surface area (Å²) >= 11 is 0. The molecule has 1 fully saturated rings. The van der Waals surface area contributed by atoms with Gasteiger partial charge in [-0.25, -0.2) is 0 Å². The third kappa shape index (κ3) is 4.54. The number of alkyl halides is 3. The minimum absolute atomic E-state index is 0.179. The summed E-state index contributed by atoms with van der Waals surface area (Å²) < 4.78 is 36.5. The molecule has 1 amide bonds. The minimum Gasteiger partial charge on any atom is -0.481 e.